The number of aromatic nitrogens is 2. The van der Waals surface area contributed by atoms with Gasteiger partial charge in [-0.1, -0.05) is 53.7 Å². The molecule has 152 valence electrons. The smallest absolute Gasteiger partial charge is 0.337 e. The van der Waals surface area contributed by atoms with Gasteiger partial charge in [0.2, 0.25) is 5.91 Å². The summed E-state index contributed by atoms with van der Waals surface area (Å²) >= 11 is 6.77. The maximum Gasteiger partial charge on any atom is 0.418 e. The van der Waals surface area contributed by atoms with Gasteiger partial charge in [0.05, 0.1) is 22.7 Å². The van der Waals surface area contributed by atoms with Crippen molar-refractivity contribution in [1.29, 1.82) is 0 Å². The molecular formula is C20H17ClF3N3OS. The van der Waals surface area contributed by atoms with Gasteiger partial charge >= 0.3 is 6.18 Å². The minimum atomic E-state index is -4.62. The minimum absolute atomic E-state index is 0.0540. The predicted molar refractivity (Wildman–Crippen MR) is 108 cm³/mol. The molecule has 0 aliphatic rings. The summed E-state index contributed by atoms with van der Waals surface area (Å²) in [5, 5.41) is 2.78. The molecule has 4 nitrogen and oxygen atoms in total. The molecule has 3 aromatic rings. The quantitative estimate of drug-likeness (QED) is 0.483. The van der Waals surface area contributed by atoms with Gasteiger partial charge in [0.15, 0.2) is 5.16 Å². The van der Waals surface area contributed by atoms with E-state index < -0.39 is 17.6 Å². The van der Waals surface area contributed by atoms with Crippen LogP contribution >= 0.6 is 23.4 Å². The highest BCUT2D eigenvalue weighted by atomic mass is 35.5. The van der Waals surface area contributed by atoms with Crippen LogP contribution < -0.4 is 5.32 Å². The van der Waals surface area contributed by atoms with Crippen molar-refractivity contribution in [3.8, 4) is 0 Å². The number of imidazole rings is 1. The first-order valence-corrected chi connectivity index (χ1v) is 9.97. The third kappa shape index (κ3) is 5.77. The number of aryl methyl sites for hydroxylation is 1. The summed E-state index contributed by atoms with van der Waals surface area (Å²) in [5.41, 5.74) is 1.54. The zero-order chi connectivity index (χ0) is 21.0. The summed E-state index contributed by atoms with van der Waals surface area (Å²) in [4.78, 5) is 19.7. The first-order chi connectivity index (χ1) is 13.7. The van der Waals surface area contributed by atoms with Crippen molar-refractivity contribution < 1.29 is 18.0 Å². The van der Waals surface area contributed by atoms with E-state index in [4.69, 9.17) is 11.6 Å². The van der Waals surface area contributed by atoms with E-state index in [1.807, 2.05) is 37.3 Å². The number of hydrogen-bond acceptors (Lipinski definition) is 3. The fourth-order valence-electron chi connectivity index (χ4n) is 2.68. The Morgan fingerprint density at radius 3 is 2.62 bits per heavy atom. The number of nitrogens with one attached hydrogen (secondary N) is 2. The Morgan fingerprint density at radius 2 is 1.93 bits per heavy atom. The van der Waals surface area contributed by atoms with E-state index in [2.05, 4.69) is 15.3 Å². The van der Waals surface area contributed by atoms with Crippen LogP contribution in [0.2, 0.25) is 5.02 Å². The Balaban J connectivity index is 1.63. The normalized spacial score (nSPS) is 11.5. The van der Waals surface area contributed by atoms with Crippen LogP contribution in [0, 0.1) is 6.92 Å². The van der Waals surface area contributed by atoms with Crippen LogP contribution in [0.1, 0.15) is 22.5 Å². The topological polar surface area (TPSA) is 57.8 Å². The lowest BCUT2D eigenvalue weighted by Gasteiger charge is -2.13. The molecule has 0 fully saturated rings. The summed E-state index contributed by atoms with van der Waals surface area (Å²) in [7, 11) is 0. The van der Waals surface area contributed by atoms with Crippen LogP contribution in [0.25, 0.3) is 0 Å². The molecular weight excluding hydrogens is 423 g/mol. The average molecular weight is 440 g/mol. The number of alkyl halides is 3. The lowest BCUT2D eigenvalue weighted by atomic mass is 10.1. The second-order valence-electron chi connectivity index (χ2n) is 6.30. The number of benzene rings is 2. The Hall–Kier alpha value is -2.45. The molecule has 0 spiro atoms. The second-order valence-corrected chi connectivity index (χ2v) is 7.70. The molecule has 0 aliphatic carbocycles. The van der Waals surface area contributed by atoms with E-state index in [0.717, 1.165) is 40.8 Å². The molecule has 1 aromatic heterocycles. The summed E-state index contributed by atoms with van der Waals surface area (Å²) in [6.07, 6.45) is -3.97. The van der Waals surface area contributed by atoms with Crippen molar-refractivity contribution >= 4 is 35.0 Å². The van der Waals surface area contributed by atoms with Gasteiger partial charge in [0.25, 0.3) is 0 Å². The number of thioether (sulfide) groups is 1. The third-order valence-corrected chi connectivity index (χ3v) is 5.19. The molecule has 0 atom stereocenters. The van der Waals surface area contributed by atoms with Crippen LogP contribution in [-0.2, 0) is 17.4 Å². The van der Waals surface area contributed by atoms with Gasteiger partial charge < -0.3 is 10.3 Å². The first-order valence-electron chi connectivity index (χ1n) is 8.61. The Bertz CT molecular complexity index is 1010. The lowest BCUT2D eigenvalue weighted by Crippen LogP contribution is -2.18. The van der Waals surface area contributed by atoms with E-state index in [0.29, 0.717) is 11.6 Å². The predicted octanol–water partition coefficient (Wildman–Crippen LogP) is 5.71. The molecule has 2 N–H and O–H groups in total. The van der Waals surface area contributed by atoms with Crippen LogP contribution in [0.5, 0.6) is 0 Å². The van der Waals surface area contributed by atoms with Crippen LogP contribution in [0.15, 0.2) is 53.7 Å². The monoisotopic (exact) mass is 439 g/mol. The van der Waals surface area contributed by atoms with E-state index >= 15 is 0 Å². The van der Waals surface area contributed by atoms with Crippen molar-refractivity contribution in [3.05, 3.63) is 76.1 Å². The van der Waals surface area contributed by atoms with Gasteiger partial charge in [-0.2, -0.15) is 13.2 Å². The standard InChI is InChI=1S/C20H17ClF3N3OS/c1-12-17(9-13-5-3-2-4-6-13)27-19(25-12)29-11-18(28)26-16-8-7-14(21)10-15(16)20(22,23)24/h2-8,10H,9,11H2,1H3,(H,25,27)(H,26,28). The van der Waals surface area contributed by atoms with Crippen molar-refractivity contribution in [3.63, 3.8) is 0 Å². The number of anilines is 1. The van der Waals surface area contributed by atoms with Gasteiger partial charge in [-0.3, -0.25) is 4.79 Å². The summed E-state index contributed by atoms with van der Waals surface area (Å²) in [5.74, 6) is -0.654. The number of nitrogens with zero attached hydrogens (tertiary/aromatic N) is 1. The van der Waals surface area contributed by atoms with E-state index in [1.165, 1.54) is 6.07 Å². The summed E-state index contributed by atoms with van der Waals surface area (Å²) in [6.45, 7) is 1.89. The molecule has 0 bridgehead atoms. The number of halogens is 4. The van der Waals surface area contributed by atoms with Crippen LogP contribution in [0.4, 0.5) is 18.9 Å². The molecule has 0 saturated carbocycles. The highest BCUT2D eigenvalue weighted by Gasteiger charge is 2.34. The molecule has 9 heteroatoms. The van der Waals surface area contributed by atoms with Crippen molar-refractivity contribution in [2.24, 2.45) is 0 Å². The molecule has 3 rings (SSSR count). The highest BCUT2D eigenvalue weighted by Crippen LogP contribution is 2.36. The number of aromatic amines is 1. The van der Waals surface area contributed by atoms with Gasteiger partial charge in [0, 0.05) is 17.1 Å². The van der Waals surface area contributed by atoms with Crippen LogP contribution in [0.3, 0.4) is 0 Å². The average Bonchev–Trinajstić information content (AvgIpc) is 3.01. The molecule has 1 amide bonds. The number of H-pyrrole nitrogens is 1. The Morgan fingerprint density at radius 1 is 1.21 bits per heavy atom. The fraction of sp³-hybridized carbons (Fsp3) is 0.200. The molecule has 1 heterocycles. The second kappa shape index (κ2) is 8.92. The zero-order valence-electron chi connectivity index (χ0n) is 15.3. The molecule has 0 radical (unpaired) electrons. The SMILES string of the molecule is Cc1[nH]c(SCC(=O)Nc2ccc(Cl)cc2C(F)(F)F)nc1Cc1ccccc1. The molecule has 2 aromatic carbocycles. The van der Waals surface area contributed by atoms with Crippen molar-refractivity contribution in [2.45, 2.75) is 24.7 Å². The van der Waals surface area contributed by atoms with E-state index in [9.17, 15) is 18.0 Å². The molecule has 29 heavy (non-hydrogen) atoms. The Labute approximate surface area is 174 Å². The van der Waals surface area contributed by atoms with Gasteiger partial charge in [0.1, 0.15) is 0 Å². The van der Waals surface area contributed by atoms with Gasteiger partial charge in [-0.05, 0) is 30.7 Å². The number of hydrogen-bond donors (Lipinski definition) is 2. The zero-order valence-corrected chi connectivity index (χ0v) is 16.9. The van der Waals surface area contributed by atoms with Crippen LogP contribution in [-0.4, -0.2) is 21.6 Å². The largest absolute Gasteiger partial charge is 0.418 e. The lowest BCUT2D eigenvalue weighted by molar-refractivity contribution is -0.137. The van der Waals surface area contributed by atoms with Gasteiger partial charge in [-0.15, -0.1) is 0 Å². The van der Waals surface area contributed by atoms with E-state index in [1.54, 1.807) is 0 Å². The number of amides is 1. The first kappa shape index (κ1) is 21.3. The van der Waals surface area contributed by atoms with Gasteiger partial charge in [-0.25, -0.2) is 4.98 Å². The maximum atomic E-state index is 13.1. The fourth-order valence-corrected chi connectivity index (χ4v) is 3.59. The maximum absolute atomic E-state index is 13.1. The third-order valence-electron chi connectivity index (χ3n) is 4.08. The van der Waals surface area contributed by atoms with Crippen molar-refractivity contribution in [1.82, 2.24) is 9.97 Å². The molecule has 0 unspecified atom stereocenters. The minimum Gasteiger partial charge on any atom is -0.337 e. The highest BCUT2D eigenvalue weighted by molar-refractivity contribution is 7.99. The number of carbonyl (C=O) groups excluding carboxylic acids is 1. The Kier molecular flexibility index (Phi) is 6.54. The molecule has 0 saturated heterocycles. The number of rotatable bonds is 6. The summed E-state index contributed by atoms with van der Waals surface area (Å²) in [6, 6.07) is 13.1. The van der Waals surface area contributed by atoms with E-state index in [-0.39, 0.29) is 16.5 Å². The summed E-state index contributed by atoms with van der Waals surface area (Å²) < 4.78 is 39.4. The molecule has 0 aliphatic heterocycles. The van der Waals surface area contributed by atoms with Crippen molar-refractivity contribution in [2.75, 3.05) is 11.1 Å². The number of carbonyl (C=O) groups is 1.